The number of hydrazone groups is 1. The van der Waals surface area contributed by atoms with Gasteiger partial charge in [-0.25, -0.2) is 10.4 Å². The minimum Gasteiger partial charge on any atom is -0.329 e. The zero-order valence-electron chi connectivity index (χ0n) is 16.5. The van der Waals surface area contributed by atoms with Gasteiger partial charge in [0.15, 0.2) is 0 Å². The summed E-state index contributed by atoms with van der Waals surface area (Å²) in [6.07, 6.45) is 1.98. The normalized spacial score (nSPS) is 11.2. The fourth-order valence-electron chi connectivity index (χ4n) is 3.28. The summed E-state index contributed by atoms with van der Waals surface area (Å²) >= 11 is 0. The molecule has 0 aliphatic rings. The van der Waals surface area contributed by atoms with Gasteiger partial charge in [0.1, 0.15) is 5.82 Å². The van der Waals surface area contributed by atoms with E-state index in [9.17, 15) is 4.79 Å². The van der Waals surface area contributed by atoms with E-state index in [2.05, 4.69) is 38.2 Å². The molecule has 3 rings (SSSR count). The van der Waals surface area contributed by atoms with Crippen LogP contribution in [0, 0.1) is 32.1 Å². The summed E-state index contributed by atoms with van der Waals surface area (Å²) in [6.45, 7) is 9.18. The van der Waals surface area contributed by atoms with Gasteiger partial charge in [-0.15, -0.1) is 0 Å². The van der Waals surface area contributed by atoms with E-state index in [-0.39, 0.29) is 5.91 Å². The second-order valence-electron chi connectivity index (χ2n) is 6.52. The Bertz CT molecular complexity index is 1100. The molecule has 144 valence electrons. The smallest absolute Gasteiger partial charge is 0.271 e. The topological polar surface area (TPSA) is 101 Å². The fraction of sp³-hybridized carbons (Fsp3) is 0.350. The summed E-state index contributed by atoms with van der Waals surface area (Å²) in [7, 11) is 0. The van der Waals surface area contributed by atoms with Crippen LogP contribution in [0.15, 0.2) is 23.3 Å². The molecule has 0 atom stereocenters. The Morgan fingerprint density at radius 3 is 2.86 bits per heavy atom. The number of hydrogen-bond donors (Lipinski definition) is 1. The van der Waals surface area contributed by atoms with E-state index in [4.69, 9.17) is 5.26 Å². The number of nitriles is 1. The Kier molecular flexibility index (Phi) is 5.54. The Labute approximate surface area is 163 Å². The van der Waals surface area contributed by atoms with Gasteiger partial charge in [0.05, 0.1) is 42.0 Å². The van der Waals surface area contributed by atoms with Gasteiger partial charge in [-0.2, -0.15) is 15.5 Å². The maximum atomic E-state index is 12.4. The molecule has 8 heteroatoms. The first-order valence-electron chi connectivity index (χ1n) is 9.17. The third-order valence-corrected chi connectivity index (χ3v) is 4.75. The lowest BCUT2D eigenvalue weighted by molar-refractivity contribution is 0.0955. The van der Waals surface area contributed by atoms with Crippen molar-refractivity contribution in [3.8, 4) is 6.07 Å². The van der Waals surface area contributed by atoms with Gasteiger partial charge < -0.3 is 4.57 Å². The molecule has 0 radical (unpaired) electrons. The van der Waals surface area contributed by atoms with Crippen LogP contribution >= 0.6 is 0 Å². The van der Waals surface area contributed by atoms with Crippen molar-refractivity contribution in [2.75, 3.05) is 0 Å². The molecule has 0 bridgehead atoms. The number of hydrogen-bond acceptors (Lipinski definition) is 5. The van der Waals surface area contributed by atoms with Crippen LogP contribution < -0.4 is 5.43 Å². The molecule has 0 unspecified atom stereocenters. The van der Waals surface area contributed by atoms with Gasteiger partial charge in [0, 0.05) is 23.4 Å². The second-order valence-corrected chi connectivity index (χ2v) is 6.52. The minimum atomic E-state index is -0.297. The van der Waals surface area contributed by atoms with Crippen LogP contribution in [-0.4, -0.2) is 31.5 Å². The number of carbonyl (C=O) groups is 1. The summed E-state index contributed by atoms with van der Waals surface area (Å²) in [5.74, 6) is 0.626. The van der Waals surface area contributed by atoms with E-state index < -0.39 is 0 Å². The molecular formula is C20H23N7O. The highest BCUT2D eigenvalue weighted by molar-refractivity contribution is 5.98. The van der Waals surface area contributed by atoms with Crippen LogP contribution in [0.2, 0.25) is 0 Å². The van der Waals surface area contributed by atoms with Crippen molar-refractivity contribution in [3.05, 3.63) is 46.5 Å². The zero-order valence-corrected chi connectivity index (χ0v) is 16.5. The number of carbonyl (C=O) groups excluding carboxylic acids is 1. The molecule has 0 aliphatic heterocycles. The van der Waals surface area contributed by atoms with Crippen molar-refractivity contribution in [1.29, 1.82) is 5.26 Å². The molecule has 28 heavy (non-hydrogen) atoms. The van der Waals surface area contributed by atoms with Crippen molar-refractivity contribution < 1.29 is 4.79 Å². The molecule has 0 spiro atoms. The third kappa shape index (κ3) is 3.64. The van der Waals surface area contributed by atoms with Gasteiger partial charge in [-0.3, -0.25) is 9.48 Å². The van der Waals surface area contributed by atoms with E-state index >= 15 is 0 Å². The molecule has 3 aromatic rings. The van der Waals surface area contributed by atoms with Crippen molar-refractivity contribution in [2.24, 2.45) is 5.10 Å². The average molecular weight is 377 g/mol. The maximum absolute atomic E-state index is 12.4. The number of nitrogens with one attached hydrogen (secondary N) is 1. The van der Waals surface area contributed by atoms with Crippen molar-refractivity contribution >= 4 is 23.2 Å². The third-order valence-electron chi connectivity index (χ3n) is 4.75. The lowest BCUT2D eigenvalue weighted by Crippen LogP contribution is -2.17. The van der Waals surface area contributed by atoms with Crippen molar-refractivity contribution in [2.45, 2.75) is 47.2 Å². The van der Waals surface area contributed by atoms with E-state index in [0.717, 1.165) is 40.4 Å². The van der Waals surface area contributed by atoms with Gasteiger partial charge in [-0.1, -0.05) is 0 Å². The first-order chi connectivity index (χ1) is 13.5. The van der Waals surface area contributed by atoms with E-state index in [1.54, 1.807) is 23.0 Å². The first-order valence-corrected chi connectivity index (χ1v) is 9.17. The highest BCUT2D eigenvalue weighted by atomic mass is 16.2. The van der Waals surface area contributed by atoms with E-state index in [0.29, 0.717) is 18.5 Å². The quantitative estimate of drug-likeness (QED) is 0.527. The lowest BCUT2D eigenvalue weighted by Gasteiger charge is -2.03. The number of fused-ring (bicyclic) bond motifs is 1. The SMILES string of the molecule is CCn1c(C)nc2cc(C(=O)N/N=C\c3c(C)nn(CCC#N)c3C)ccc21. The van der Waals surface area contributed by atoms with Crippen LogP contribution in [0.4, 0.5) is 0 Å². The predicted molar refractivity (Wildman–Crippen MR) is 107 cm³/mol. The van der Waals surface area contributed by atoms with Crippen molar-refractivity contribution in [3.63, 3.8) is 0 Å². The largest absolute Gasteiger partial charge is 0.329 e. The Morgan fingerprint density at radius 1 is 1.36 bits per heavy atom. The monoisotopic (exact) mass is 377 g/mol. The van der Waals surface area contributed by atoms with Crippen molar-refractivity contribution in [1.82, 2.24) is 24.8 Å². The Hall–Kier alpha value is -3.47. The highest BCUT2D eigenvalue weighted by Gasteiger charge is 2.12. The molecular weight excluding hydrogens is 354 g/mol. The Balaban J connectivity index is 1.75. The average Bonchev–Trinajstić information content (AvgIpc) is 3.14. The number of amides is 1. The van der Waals surface area contributed by atoms with Gasteiger partial charge in [-0.05, 0) is 45.9 Å². The van der Waals surface area contributed by atoms with Crippen LogP contribution in [0.3, 0.4) is 0 Å². The van der Waals surface area contributed by atoms with E-state index in [1.165, 1.54) is 0 Å². The highest BCUT2D eigenvalue weighted by Crippen LogP contribution is 2.18. The summed E-state index contributed by atoms with van der Waals surface area (Å²) in [4.78, 5) is 17.0. The first kappa shape index (κ1) is 19.3. The summed E-state index contributed by atoms with van der Waals surface area (Å²) in [6, 6.07) is 7.57. The Morgan fingerprint density at radius 2 is 2.14 bits per heavy atom. The molecule has 0 fully saturated rings. The summed E-state index contributed by atoms with van der Waals surface area (Å²) in [5, 5.41) is 17.2. The molecule has 1 aromatic carbocycles. The number of aryl methyl sites for hydroxylation is 4. The van der Waals surface area contributed by atoms with E-state index in [1.807, 2.05) is 26.8 Å². The maximum Gasteiger partial charge on any atom is 0.271 e. The molecule has 2 heterocycles. The molecule has 0 aliphatic carbocycles. The minimum absolute atomic E-state index is 0.297. The molecule has 1 amide bonds. The van der Waals surface area contributed by atoms with Crippen LogP contribution in [0.25, 0.3) is 11.0 Å². The number of benzene rings is 1. The van der Waals surface area contributed by atoms with Crippen LogP contribution in [0.5, 0.6) is 0 Å². The summed E-state index contributed by atoms with van der Waals surface area (Å²) < 4.78 is 3.88. The fourth-order valence-corrected chi connectivity index (χ4v) is 3.28. The molecule has 2 aromatic heterocycles. The molecule has 0 saturated carbocycles. The number of nitrogens with zero attached hydrogens (tertiary/aromatic N) is 6. The standard InChI is InChI=1S/C20H23N7O/c1-5-26-15(4)23-18-11-16(7-8-19(18)26)20(28)24-22-12-17-13(2)25-27(14(17)3)10-6-9-21/h7-8,11-12H,5-6,10H2,1-4H3,(H,24,28)/b22-12-. The van der Waals surface area contributed by atoms with Crippen LogP contribution in [0.1, 0.15) is 46.5 Å². The summed E-state index contributed by atoms with van der Waals surface area (Å²) in [5.41, 5.74) is 7.42. The number of aromatic nitrogens is 4. The molecule has 0 saturated heterocycles. The van der Waals surface area contributed by atoms with Gasteiger partial charge in [0.25, 0.3) is 5.91 Å². The molecule has 8 nitrogen and oxygen atoms in total. The number of rotatable bonds is 6. The van der Waals surface area contributed by atoms with Gasteiger partial charge >= 0.3 is 0 Å². The lowest BCUT2D eigenvalue weighted by atomic mass is 10.2. The second kappa shape index (κ2) is 8.05. The predicted octanol–water partition coefficient (Wildman–Crippen LogP) is 2.86. The molecule has 1 N–H and O–H groups in total. The van der Waals surface area contributed by atoms with Gasteiger partial charge in [0.2, 0.25) is 0 Å². The zero-order chi connectivity index (χ0) is 20.3. The van der Waals surface area contributed by atoms with Crippen LogP contribution in [-0.2, 0) is 13.1 Å². The number of imidazole rings is 1.